The van der Waals surface area contributed by atoms with E-state index in [9.17, 15) is 0 Å². The zero-order chi connectivity index (χ0) is 13.2. The van der Waals surface area contributed by atoms with Crippen LogP contribution in [0.2, 0.25) is 0 Å². The minimum absolute atomic E-state index is 0.289. The Morgan fingerprint density at radius 1 is 1.37 bits per heavy atom. The smallest absolute Gasteiger partial charge is 0.123 e. The molecule has 100 valence electrons. The minimum atomic E-state index is 0.289. The quantitative estimate of drug-likeness (QED) is 0.915. The lowest BCUT2D eigenvalue weighted by Gasteiger charge is -2.18. The summed E-state index contributed by atoms with van der Waals surface area (Å²) in [5.41, 5.74) is 4.01. The Morgan fingerprint density at radius 2 is 2.26 bits per heavy atom. The van der Waals surface area contributed by atoms with Gasteiger partial charge in [0.25, 0.3) is 0 Å². The van der Waals surface area contributed by atoms with Crippen molar-refractivity contribution in [2.45, 2.75) is 32.4 Å². The van der Waals surface area contributed by atoms with Crippen LogP contribution in [0.3, 0.4) is 0 Å². The van der Waals surface area contributed by atoms with Gasteiger partial charge < -0.3 is 10.1 Å². The molecule has 3 rings (SSSR count). The molecule has 1 aromatic heterocycles. The van der Waals surface area contributed by atoms with Crippen LogP contribution in [0.1, 0.15) is 36.6 Å². The lowest BCUT2D eigenvalue weighted by molar-refractivity contribution is 0.254. The summed E-state index contributed by atoms with van der Waals surface area (Å²) in [6.45, 7) is 5.24. The van der Waals surface area contributed by atoms with Crippen molar-refractivity contribution in [3.8, 4) is 5.75 Å². The van der Waals surface area contributed by atoms with Crippen molar-refractivity contribution >= 4 is 11.3 Å². The third kappa shape index (κ3) is 2.53. The molecular weight excluding hydrogens is 254 g/mol. The van der Waals surface area contributed by atoms with Crippen LogP contribution in [0.4, 0.5) is 0 Å². The van der Waals surface area contributed by atoms with Crippen molar-refractivity contribution in [3.05, 3.63) is 51.7 Å². The van der Waals surface area contributed by atoms with Gasteiger partial charge in [0.05, 0.1) is 6.04 Å². The SMILES string of the molecule is CCNC(c1ccsc1)c1ccc2c(c1)CC(C)O2. The molecule has 2 nitrogen and oxygen atoms in total. The van der Waals surface area contributed by atoms with Crippen LogP contribution < -0.4 is 10.1 Å². The van der Waals surface area contributed by atoms with Crippen LogP contribution in [-0.4, -0.2) is 12.6 Å². The fraction of sp³-hybridized carbons (Fsp3) is 0.375. The Bertz CT molecular complexity index is 550. The Hall–Kier alpha value is -1.32. The number of hydrogen-bond acceptors (Lipinski definition) is 3. The molecule has 0 amide bonds. The van der Waals surface area contributed by atoms with Crippen LogP contribution in [0.25, 0.3) is 0 Å². The van der Waals surface area contributed by atoms with Crippen LogP contribution in [-0.2, 0) is 6.42 Å². The lowest BCUT2D eigenvalue weighted by atomic mass is 9.98. The summed E-state index contributed by atoms with van der Waals surface area (Å²) in [6, 6.07) is 9.08. The Kier molecular flexibility index (Phi) is 3.58. The molecular formula is C16H19NOS. The van der Waals surface area contributed by atoms with Gasteiger partial charge in [-0.25, -0.2) is 0 Å². The molecule has 0 spiro atoms. The summed E-state index contributed by atoms with van der Waals surface area (Å²) in [6.07, 6.45) is 1.33. The van der Waals surface area contributed by atoms with E-state index in [0.717, 1.165) is 18.7 Å². The number of benzene rings is 1. The second kappa shape index (κ2) is 5.35. The number of nitrogens with one attached hydrogen (secondary N) is 1. The Labute approximate surface area is 118 Å². The first-order valence-corrected chi connectivity index (χ1v) is 7.77. The van der Waals surface area contributed by atoms with E-state index in [1.807, 2.05) is 0 Å². The molecule has 0 saturated heterocycles. The summed E-state index contributed by atoms with van der Waals surface area (Å²) in [7, 11) is 0. The van der Waals surface area contributed by atoms with E-state index < -0.39 is 0 Å². The van der Waals surface area contributed by atoms with Crippen molar-refractivity contribution in [2.24, 2.45) is 0 Å². The molecule has 2 atom stereocenters. The average molecular weight is 273 g/mol. The predicted molar refractivity (Wildman–Crippen MR) is 80.1 cm³/mol. The molecule has 0 saturated carbocycles. The molecule has 1 N–H and O–H groups in total. The summed E-state index contributed by atoms with van der Waals surface area (Å²) in [4.78, 5) is 0. The zero-order valence-electron chi connectivity index (χ0n) is 11.3. The topological polar surface area (TPSA) is 21.3 Å². The van der Waals surface area contributed by atoms with Gasteiger partial charge in [-0.3, -0.25) is 0 Å². The van der Waals surface area contributed by atoms with Gasteiger partial charge >= 0.3 is 0 Å². The Morgan fingerprint density at radius 3 is 3.00 bits per heavy atom. The molecule has 1 aliphatic heterocycles. The van der Waals surface area contributed by atoms with Crippen molar-refractivity contribution < 1.29 is 4.74 Å². The number of rotatable bonds is 4. The van der Waals surface area contributed by atoms with E-state index in [0.29, 0.717) is 6.10 Å². The standard InChI is InChI=1S/C16H19NOS/c1-3-17-16(13-6-7-19-10-13)12-4-5-15-14(9-12)8-11(2)18-15/h4-7,9-11,16-17H,3,8H2,1-2H3. The molecule has 0 aliphatic carbocycles. The van der Waals surface area contributed by atoms with Crippen molar-refractivity contribution in [1.82, 2.24) is 5.32 Å². The van der Waals surface area contributed by atoms with Gasteiger partial charge in [0.15, 0.2) is 0 Å². The first-order chi connectivity index (χ1) is 9.28. The fourth-order valence-corrected chi connectivity index (χ4v) is 3.38. The lowest BCUT2D eigenvalue weighted by Crippen LogP contribution is -2.21. The molecule has 2 unspecified atom stereocenters. The molecule has 0 bridgehead atoms. The maximum atomic E-state index is 5.77. The average Bonchev–Trinajstić information content (AvgIpc) is 3.02. The summed E-state index contributed by atoms with van der Waals surface area (Å²) in [5.74, 6) is 1.05. The van der Waals surface area contributed by atoms with E-state index in [-0.39, 0.29) is 6.04 Å². The zero-order valence-corrected chi connectivity index (χ0v) is 12.2. The first-order valence-electron chi connectivity index (χ1n) is 6.83. The molecule has 0 fully saturated rings. The molecule has 2 heterocycles. The number of hydrogen-bond donors (Lipinski definition) is 1. The maximum absolute atomic E-state index is 5.77. The predicted octanol–water partition coefficient (Wildman–Crippen LogP) is 3.77. The van der Waals surface area contributed by atoms with Gasteiger partial charge in [-0.05, 0) is 53.1 Å². The van der Waals surface area contributed by atoms with E-state index >= 15 is 0 Å². The van der Waals surface area contributed by atoms with Gasteiger partial charge in [-0.15, -0.1) is 0 Å². The highest BCUT2D eigenvalue weighted by atomic mass is 32.1. The summed E-state index contributed by atoms with van der Waals surface area (Å²) in [5, 5.41) is 7.93. The van der Waals surface area contributed by atoms with Crippen molar-refractivity contribution in [1.29, 1.82) is 0 Å². The molecule has 1 aromatic carbocycles. The fourth-order valence-electron chi connectivity index (χ4n) is 2.69. The minimum Gasteiger partial charge on any atom is -0.490 e. The van der Waals surface area contributed by atoms with Gasteiger partial charge in [-0.1, -0.05) is 19.1 Å². The summed E-state index contributed by atoms with van der Waals surface area (Å²) < 4.78 is 5.77. The molecule has 1 aliphatic rings. The molecule has 0 radical (unpaired) electrons. The molecule has 3 heteroatoms. The maximum Gasteiger partial charge on any atom is 0.123 e. The number of ether oxygens (including phenoxy) is 1. The molecule has 2 aromatic rings. The van der Waals surface area contributed by atoms with E-state index in [1.54, 1.807) is 11.3 Å². The first kappa shape index (κ1) is 12.7. The number of fused-ring (bicyclic) bond motifs is 1. The second-order valence-electron chi connectivity index (χ2n) is 5.05. The van der Waals surface area contributed by atoms with Crippen molar-refractivity contribution in [2.75, 3.05) is 6.54 Å². The van der Waals surface area contributed by atoms with Gasteiger partial charge in [-0.2, -0.15) is 11.3 Å². The molecule has 19 heavy (non-hydrogen) atoms. The van der Waals surface area contributed by atoms with Crippen LogP contribution in [0, 0.1) is 0 Å². The highest BCUT2D eigenvalue weighted by Gasteiger charge is 2.21. The number of thiophene rings is 1. The van der Waals surface area contributed by atoms with Gasteiger partial charge in [0.2, 0.25) is 0 Å². The third-order valence-corrected chi connectivity index (χ3v) is 4.24. The van der Waals surface area contributed by atoms with E-state index in [4.69, 9.17) is 4.74 Å². The van der Waals surface area contributed by atoms with Crippen LogP contribution >= 0.6 is 11.3 Å². The highest BCUT2D eigenvalue weighted by molar-refractivity contribution is 7.08. The van der Waals surface area contributed by atoms with Gasteiger partial charge in [0.1, 0.15) is 11.9 Å². The highest BCUT2D eigenvalue weighted by Crippen LogP contribution is 2.33. The van der Waals surface area contributed by atoms with Crippen LogP contribution in [0.5, 0.6) is 5.75 Å². The largest absolute Gasteiger partial charge is 0.490 e. The van der Waals surface area contributed by atoms with E-state index in [1.165, 1.54) is 16.7 Å². The van der Waals surface area contributed by atoms with Crippen molar-refractivity contribution in [3.63, 3.8) is 0 Å². The second-order valence-corrected chi connectivity index (χ2v) is 5.83. The monoisotopic (exact) mass is 273 g/mol. The Balaban J connectivity index is 1.93. The normalized spacial score (nSPS) is 18.9. The third-order valence-electron chi connectivity index (χ3n) is 3.54. The van der Waals surface area contributed by atoms with E-state index in [2.05, 4.69) is 54.2 Å². The summed E-state index contributed by atoms with van der Waals surface area (Å²) >= 11 is 1.75. The van der Waals surface area contributed by atoms with Crippen LogP contribution in [0.15, 0.2) is 35.0 Å². The van der Waals surface area contributed by atoms with Gasteiger partial charge in [0, 0.05) is 6.42 Å².